The molecular weight excluding hydrogens is 364 g/mol. The number of fused-ring (bicyclic) bond motifs is 1. The third kappa shape index (κ3) is 3.86. The molecule has 1 fully saturated rings. The van der Waals surface area contributed by atoms with Crippen molar-refractivity contribution in [2.75, 3.05) is 11.9 Å². The Hall–Kier alpha value is -2.71. The molecule has 1 aromatic carbocycles. The smallest absolute Gasteiger partial charge is 0.393 e. The third-order valence-corrected chi connectivity index (χ3v) is 4.55. The number of hydrogen-bond donors (Lipinski definition) is 2. The number of benzene rings is 1. The zero-order valence-corrected chi connectivity index (χ0v) is 14.1. The highest BCUT2D eigenvalue weighted by Gasteiger charge is 2.31. The first-order valence-corrected chi connectivity index (χ1v) is 8.53. The Labute approximate surface area is 152 Å². The molecule has 0 unspecified atom stereocenters. The first-order valence-electron chi connectivity index (χ1n) is 8.53. The van der Waals surface area contributed by atoms with Crippen LogP contribution in [0.25, 0.3) is 11.4 Å². The summed E-state index contributed by atoms with van der Waals surface area (Å²) in [7, 11) is 0. The van der Waals surface area contributed by atoms with E-state index in [1.165, 1.54) is 0 Å². The summed E-state index contributed by atoms with van der Waals surface area (Å²) in [6.45, 7) is 0.994. The summed E-state index contributed by atoms with van der Waals surface area (Å²) < 4.78 is 52.7. The number of phenols is 1. The van der Waals surface area contributed by atoms with E-state index in [0.717, 1.165) is 25.0 Å². The van der Waals surface area contributed by atoms with Crippen LogP contribution in [-0.2, 0) is 13.0 Å². The quantitative estimate of drug-likeness (QED) is 0.773. The molecule has 1 aliphatic carbocycles. The number of phenolic OH excluding ortho intramolecular Hbond substituents is 1. The van der Waals surface area contributed by atoms with Gasteiger partial charge in [0, 0.05) is 18.3 Å². The van der Waals surface area contributed by atoms with E-state index in [-0.39, 0.29) is 23.5 Å². The van der Waals surface area contributed by atoms with Crippen molar-refractivity contribution in [2.24, 2.45) is 10.9 Å². The number of nitrogens with one attached hydrogen (secondary N) is 1. The molecule has 9 heteroatoms. The minimum absolute atomic E-state index is 0.0179. The van der Waals surface area contributed by atoms with E-state index < -0.39 is 24.2 Å². The lowest BCUT2D eigenvalue weighted by molar-refractivity contribution is -0.127. The molecule has 5 nitrogen and oxygen atoms in total. The van der Waals surface area contributed by atoms with Gasteiger partial charge in [-0.05, 0) is 36.5 Å². The summed E-state index contributed by atoms with van der Waals surface area (Å²) in [4.78, 5) is 12.8. The highest BCUT2D eigenvalue weighted by Crippen LogP contribution is 2.35. The van der Waals surface area contributed by atoms with E-state index in [0.29, 0.717) is 29.5 Å². The highest BCUT2D eigenvalue weighted by molar-refractivity contribution is 5.90. The molecule has 0 spiro atoms. The summed E-state index contributed by atoms with van der Waals surface area (Å²) in [5.74, 6) is -0.840. The molecular formula is C18H16F4N4O. The Morgan fingerprint density at radius 2 is 1.96 bits per heavy atom. The second kappa shape index (κ2) is 6.47. The van der Waals surface area contributed by atoms with E-state index in [4.69, 9.17) is 0 Å². The van der Waals surface area contributed by atoms with Gasteiger partial charge < -0.3 is 10.4 Å². The molecule has 1 aliphatic heterocycles. The summed E-state index contributed by atoms with van der Waals surface area (Å²) in [6.07, 6.45) is -1.97. The van der Waals surface area contributed by atoms with Crippen molar-refractivity contribution in [1.82, 2.24) is 9.97 Å². The predicted octanol–water partition coefficient (Wildman–Crippen LogP) is 3.85. The number of halogens is 4. The second-order valence-electron chi connectivity index (χ2n) is 6.80. The number of nitrogens with zero attached hydrogens (tertiary/aromatic N) is 3. The molecule has 0 atom stereocenters. The van der Waals surface area contributed by atoms with Crippen LogP contribution in [0.3, 0.4) is 0 Å². The third-order valence-electron chi connectivity index (χ3n) is 4.55. The lowest BCUT2D eigenvalue weighted by Crippen LogP contribution is -2.14. The number of aromatic nitrogens is 2. The van der Waals surface area contributed by atoms with E-state index >= 15 is 0 Å². The fourth-order valence-corrected chi connectivity index (χ4v) is 2.99. The molecule has 2 heterocycles. The Bertz CT molecular complexity index is 923. The van der Waals surface area contributed by atoms with Gasteiger partial charge >= 0.3 is 6.18 Å². The second-order valence-corrected chi connectivity index (χ2v) is 6.80. The van der Waals surface area contributed by atoms with E-state index in [9.17, 15) is 22.7 Å². The summed E-state index contributed by atoms with van der Waals surface area (Å²) in [6, 6.07) is 1.63. The van der Waals surface area contributed by atoms with Crippen molar-refractivity contribution in [2.45, 2.75) is 32.0 Å². The van der Waals surface area contributed by atoms with E-state index in [1.807, 2.05) is 0 Å². The fraction of sp³-hybridized carbons (Fsp3) is 0.389. The van der Waals surface area contributed by atoms with Gasteiger partial charge in [0.1, 0.15) is 5.82 Å². The van der Waals surface area contributed by atoms with Crippen LogP contribution in [0.4, 0.5) is 23.4 Å². The van der Waals surface area contributed by atoms with Crippen LogP contribution in [0.1, 0.15) is 29.7 Å². The van der Waals surface area contributed by atoms with Gasteiger partial charge in [0.2, 0.25) is 0 Å². The predicted molar refractivity (Wildman–Crippen MR) is 91.4 cm³/mol. The van der Waals surface area contributed by atoms with Gasteiger partial charge in [-0.3, -0.25) is 4.99 Å². The lowest BCUT2D eigenvalue weighted by Gasteiger charge is -2.15. The summed E-state index contributed by atoms with van der Waals surface area (Å²) >= 11 is 0. The average molecular weight is 380 g/mol. The minimum Gasteiger partial charge on any atom is -0.505 e. The zero-order valence-electron chi connectivity index (χ0n) is 14.1. The van der Waals surface area contributed by atoms with Gasteiger partial charge in [-0.2, -0.15) is 13.2 Å². The molecule has 2 aliphatic rings. The number of rotatable bonds is 5. The van der Waals surface area contributed by atoms with E-state index in [1.54, 1.807) is 6.21 Å². The van der Waals surface area contributed by atoms with Gasteiger partial charge in [0.15, 0.2) is 17.4 Å². The van der Waals surface area contributed by atoms with Crippen LogP contribution in [0, 0.1) is 11.7 Å². The molecule has 2 N–H and O–H groups in total. The number of alkyl halides is 3. The van der Waals surface area contributed by atoms with Crippen molar-refractivity contribution >= 4 is 12.0 Å². The molecule has 0 radical (unpaired) electrons. The molecule has 2 aromatic rings. The van der Waals surface area contributed by atoms with Gasteiger partial charge in [-0.25, -0.2) is 14.4 Å². The minimum atomic E-state index is -4.52. The topological polar surface area (TPSA) is 70.4 Å². The maximum Gasteiger partial charge on any atom is 0.393 e. The highest BCUT2D eigenvalue weighted by atomic mass is 19.4. The SMILES string of the molecule is Oc1cc(CC(F)(F)F)c(-c2nc3c(c(NCC4CC4)n2)C=NC3)cc1F. The number of aliphatic imine (C=N–C) groups is 1. The largest absolute Gasteiger partial charge is 0.505 e. The monoisotopic (exact) mass is 380 g/mol. The van der Waals surface area contributed by atoms with E-state index in [2.05, 4.69) is 20.3 Å². The van der Waals surface area contributed by atoms with Crippen LogP contribution in [0.5, 0.6) is 5.75 Å². The van der Waals surface area contributed by atoms with Crippen LogP contribution in [0.2, 0.25) is 0 Å². The average Bonchev–Trinajstić information content (AvgIpc) is 3.29. The standard InChI is InChI=1S/C18H16F4N4O/c19-13-4-11(10(3-15(13)27)5-18(20,21)22)17-25-14-8-23-7-12(14)16(26-17)24-6-9-1-2-9/h3-4,7,9,27H,1-2,5-6,8H2,(H,24,25,26). The Morgan fingerprint density at radius 1 is 1.19 bits per heavy atom. The van der Waals surface area contributed by atoms with Gasteiger partial charge in [-0.15, -0.1) is 0 Å². The first-order chi connectivity index (χ1) is 12.8. The molecule has 0 amide bonds. The zero-order chi connectivity index (χ0) is 19.2. The Morgan fingerprint density at radius 3 is 2.67 bits per heavy atom. The molecule has 0 saturated heterocycles. The molecule has 1 aromatic heterocycles. The molecule has 27 heavy (non-hydrogen) atoms. The van der Waals surface area contributed by atoms with Crippen LogP contribution in [0.15, 0.2) is 17.1 Å². The Kier molecular flexibility index (Phi) is 4.24. The molecule has 1 saturated carbocycles. The van der Waals surface area contributed by atoms with Crippen LogP contribution < -0.4 is 5.32 Å². The molecule has 4 rings (SSSR count). The van der Waals surface area contributed by atoms with Crippen molar-refractivity contribution < 1.29 is 22.7 Å². The first kappa shape index (κ1) is 17.7. The van der Waals surface area contributed by atoms with Crippen molar-refractivity contribution in [3.8, 4) is 17.1 Å². The van der Waals surface area contributed by atoms with Crippen LogP contribution >= 0.6 is 0 Å². The van der Waals surface area contributed by atoms with Gasteiger partial charge in [0.25, 0.3) is 0 Å². The normalized spacial score (nSPS) is 15.9. The number of aromatic hydroxyl groups is 1. The van der Waals surface area contributed by atoms with Crippen molar-refractivity contribution in [3.63, 3.8) is 0 Å². The lowest BCUT2D eigenvalue weighted by atomic mass is 10.0. The molecule has 0 bridgehead atoms. The van der Waals surface area contributed by atoms with Crippen molar-refractivity contribution in [1.29, 1.82) is 0 Å². The maximum atomic E-state index is 13.9. The van der Waals surface area contributed by atoms with Gasteiger partial charge in [-0.1, -0.05) is 0 Å². The summed E-state index contributed by atoms with van der Waals surface area (Å²) in [5, 5.41) is 12.7. The van der Waals surface area contributed by atoms with Crippen molar-refractivity contribution in [3.05, 3.63) is 34.8 Å². The Balaban J connectivity index is 1.78. The number of anilines is 1. The number of hydrogen-bond acceptors (Lipinski definition) is 5. The molecule has 142 valence electrons. The maximum absolute atomic E-state index is 13.9. The fourth-order valence-electron chi connectivity index (χ4n) is 2.99. The van der Waals surface area contributed by atoms with Gasteiger partial charge in [0.05, 0.1) is 24.2 Å². The van der Waals surface area contributed by atoms with Crippen LogP contribution in [-0.4, -0.2) is 34.0 Å². The summed E-state index contributed by atoms with van der Waals surface area (Å²) in [5.41, 5.74) is 0.904.